The predicted octanol–water partition coefficient (Wildman–Crippen LogP) is 0.708. The van der Waals surface area contributed by atoms with Crippen molar-refractivity contribution >= 4 is 23.3 Å². The zero-order valence-corrected chi connectivity index (χ0v) is 10.2. The second-order valence-electron chi connectivity index (χ2n) is 3.36. The molecule has 0 aromatic heterocycles. The molecule has 0 saturated carbocycles. The van der Waals surface area contributed by atoms with Gasteiger partial charge in [0.25, 0.3) is 0 Å². The van der Waals surface area contributed by atoms with Crippen LogP contribution in [0.1, 0.15) is 5.56 Å². The molecule has 0 bridgehead atoms. The van der Waals surface area contributed by atoms with Gasteiger partial charge in [0, 0.05) is 6.42 Å². The Bertz CT molecular complexity index is 384. The molecular formula is C11H14N2O3S. The highest BCUT2D eigenvalue weighted by Crippen LogP contribution is 2.03. The molecule has 0 spiro atoms. The smallest absolute Gasteiger partial charge is 0.326 e. The minimum Gasteiger partial charge on any atom is -0.480 e. The summed E-state index contributed by atoms with van der Waals surface area (Å²) in [4.78, 5) is 15.6. The maximum atomic E-state index is 11.1. The topological polar surface area (TPSA) is 70.6 Å². The Labute approximate surface area is 105 Å². The summed E-state index contributed by atoms with van der Waals surface area (Å²) in [5.41, 5.74) is 3.30. The van der Waals surface area contributed by atoms with Crippen molar-refractivity contribution in [3.05, 3.63) is 35.9 Å². The molecule has 0 aliphatic rings. The number of benzene rings is 1. The highest BCUT2D eigenvalue weighted by Gasteiger charge is 2.18. The molecule has 5 nitrogen and oxygen atoms in total. The molecule has 1 aromatic rings. The monoisotopic (exact) mass is 254 g/mol. The molecule has 0 amide bonds. The van der Waals surface area contributed by atoms with Crippen molar-refractivity contribution in [1.29, 1.82) is 0 Å². The maximum absolute atomic E-state index is 11.1. The fourth-order valence-electron chi connectivity index (χ4n) is 1.33. The van der Waals surface area contributed by atoms with Crippen molar-refractivity contribution in [2.45, 2.75) is 12.5 Å². The van der Waals surface area contributed by atoms with Crippen LogP contribution in [-0.4, -0.2) is 29.3 Å². The number of nitrogens with one attached hydrogen (secondary N) is 2. The normalized spacial score (nSPS) is 11.6. The molecule has 0 aliphatic carbocycles. The number of carboxylic acids is 1. The summed E-state index contributed by atoms with van der Waals surface area (Å²) in [6, 6.07) is 8.55. The zero-order chi connectivity index (χ0) is 12.7. The lowest BCUT2D eigenvalue weighted by atomic mass is 10.1. The number of hydrogen-bond donors (Lipinski definition) is 3. The summed E-state index contributed by atoms with van der Waals surface area (Å²) in [7, 11) is 1.40. The molecule has 3 N–H and O–H groups in total. The molecule has 0 heterocycles. The van der Waals surface area contributed by atoms with Crippen LogP contribution in [0.2, 0.25) is 0 Å². The van der Waals surface area contributed by atoms with Gasteiger partial charge in [0.15, 0.2) is 5.11 Å². The standard InChI is InChI=1S/C11H14N2O3S/c1-16-13-11(17)12-9(10(14)15)7-8-5-3-2-4-6-8/h2-6,9H,7H2,1H3,(H,14,15)(H2,12,13,17)/t9-/m0/s1. The third-order valence-corrected chi connectivity index (χ3v) is 2.28. The zero-order valence-electron chi connectivity index (χ0n) is 9.34. The number of hydrogen-bond acceptors (Lipinski definition) is 3. The summed E-state index contributed by atoms with van der Waals surface area (Å²) in [6.45, 7) is 0. The van der Waals surface area contributed by atoms with Crippen LogP contribution in [0, 0.1) is 0 Å². The van der Waals surface area contributed by atoms with Gasteiger partial charge in [0.05, 0.1) is 7.11 Å². The third-order valence-electron chi connectivity index (χ3n) is 2.08. The Kier molecular flexibility index (Phi) is 5.38. The molecule has 0 unspecified atom stereocenters. The molecule has 0 radical (unpaired) electrons. The van der Waals surface area contributed by atoms with Crippen LogP contribution in [-0.2, 0) is 16.1 Å². The Morgan fingerprint density at radius 3 is 2.65 bits per heavy atom. The quantitative estimate of drug-likeness (QED) is 0.531. The van der Waals surface area contributed by atoms with E-state index in [9.17, 15) is 4.79 Å². The number of carbonyl (C=O) groups is 1. The van der Waals surface area contributed by atoms with Gasteiger partial charge >= 0.3 is 5.97 Å². The lowest BCUT2D eigenvalue weighted by Crippen LogP contribution is -2.46. The highest BCUT2D eigenvalue weighted by molar-refractivity contribution is 7.80. The molecule has 0 saturated heterocycles. The third kappa shape index (κ3) is 4.80. The first-order valence-electron chi connectivity index (χ1n) is 4.99. The fourth-order valence-corrected chi connectivity index (χ4v) is 1.56. The lowest BCUT2D eigenvalue weighted by molar-refractivity contribution is -0.139. The highest BCUT2D eigenvalue weighted by atomic mass is 32.1. The SMILES string of the molecule is CONC(=S)N[C@@H](Cc1ccccc1)C(=O)O. The van der Waals surface area contributed by atoms with Gasteiger partial charge in [-0.15, -0.1) is 0 Å². The van der Waals surface area contributed by atoms with Crippen LogP contribution >= 0.6 is 12.2 Å². The van der Waals surface area contributed by atoms with Gasteiger partial charge in [-0.3, -0.25) is 4.84 Å². The van der Waals surface area contributed by atoms with E-state index in [0.717, 1.165) is 5.56 Å². The number of aliphatic carboxylic acids is 1. The Hall–Kier alpha value is -1.66. The van der Waals surface area contributed by atoms with Gasteiger partial charge in [-0.05, 0) is 17.8 Å². The molecular weight excluding hydrogens is 240 g/mol. The van der Waals surface area contributed by atoms with Crippen molar-refractivity contribution in [3.8, 4) is 0 Å². The molecule has 1 rings (SSSR count). The Balaban J connectivity index is 2.61. The molecule has 0 aliphatic heterocycles. The van der Waals surface area contributed by atoms with E-state index in [1.165, 1.54) is 7.11 Å². The molecule has 1 aromatic carbocycles. The number of thiocarbonyl (C=S) groups is 1. The van der Waals surface area contributed by atoms with Crippen molar-refractivity contribution in [1.82, 2.24) is 10.8 Å². The van der Waals surface area contributed by atoms with Crippen molar-refractivity contribution in [3.63, 3.8) is 0 Å². The molecule has 17 heavy (non-hydrogen) atoms. The average molecular weight is 254 g/mol. The van der Waals surface area contributed by atoms with Gasteiger partial charge in [0.1, 0.15) is 6.04 Å². The number of hydroxylamine groups is 1. The molecule has 0 fully saturated rings. The molecule has 1 atom stereocenters. The Morgan fingerprint density at radius 2 is 2.12 bits per heavy atom. The van der Waals surface area contributed by atoms with E-state index in [1.807, 2.05) is 30.3 Å². The maximum Gasteiger partial charge on any atom is 0.326 e. The predicted molar refractivity (Wildman–Crippen MR) is 67.4 cm³/mol. The lowest BCUT2D eigenvalue weighted by Gasteiger charge is -2.16. The van der Waals surface area contributed by atoms with Crippen LogP contribution in [0.4, 0.5) is 0 Å². The summed E-state index contributed by atoms with van der Waals surface area (Å²) < 4.78 is 0. The van der Waals surface area contributed by atoms with Gasteiger partial charge in [-0.1, -0.05) is 30.3 Å². The van der Waals surface area contributed by atoms with E-state index >= 15 is 0 Å². The summed E-state index contributed by atoms with van der Waals surface area (Å²) in [6.07, 6.45) is 0.349. The van der Waals surface area contributed by atoms with E-state index in [0.29, 0.717) is 6.42 Å². The van der Waals surface area contributed by atoms with E-state index < -0.39 is 12.0 Å². The summed E-state index contributed by atoms with van der Waals surface area (Å²) in [5, 5.41) is 11.9. The van der Waals surface area contributed by atoms with Gasteiger partial charge in [0.2, 0.25) is 0 Å². The number of carboxylic acid groups (broad SMARTS) is 1. The minimum absolute atomic E-state index is 0.149. The fraction of sp³-hybridized carbons (Fsp3) is 0.273. The van der Waals surface area contributed by atoms with Crippen LogP contribution < -0.4 is 10.8 Å². The van der Waals surface area contributed by atoms with Crippen LogP contribution in [0.3, 0.4) is 0 Å². The van der Waals surface area contributed by atoms with Gasteiger partial charge < -0.3 is 10.4 Å². The van der Waals surface area contributed by atoms with E-state index in [4.69, 9.17) is 17.3 Å². The summed E-state index contributed by atoms with van der Waals surface area (Å²) in [5.74, 6) is -0.964. The van der Waals surface area contributed by atoms with E-state index in [1.54, 1.807) is 0 Å². The number of rotatable bonds is 5. The first-order chi connectivity index (χ1) is 8.13. The van der Waals surface area contributed by atoms with Crippen molar-refractivity contribution < 1.29 is 14.7 Å². The molecule has 92 valence electrons. The first-order valence-corrected chi connectivity index (χ1v) is 5.40. The average Bonchev–Trinajstić information content (AvgIpc) is 2.29. The largest absolute Gasteiger partial charge is 0.480 e. The van der Waals surface area contributed by atoms with Crippen molar-refractivity contribution in [2.75, 3.05) is 7.11 Å². The van der Waals surface area contributed by atoms with Gasteiger partial charge in [-0.2, -0.15) is 0 Å². The van der Waals surface area contributed by atoms with E-state index in [2.05, 4.69) is 15.6 Å². The minimum atomic E-state index is -0.964. The second-order valence-corrected chi connectivity index (χ2v) is 3.77. The van der Waals surface area contributed by atoms with Crippen molar-refractivity contribution in [2.24, 2.45) is 0 Å². The van der Waals surface area contributed by atoms with Crippen LogP contribution in [0.5, 0.6) is 0 Å². The summed E-state index contributed by atoms with van der Waals surface area (Å²) >= 11 is 4.85. The van der Waals surface area contributed by atoms with Crippen LogP contribution in [0.15, 0.2) is 30.3 Å². The van der Waals surface area contributed by atoms with Gasteiger partial charge in [-0.25, -0.2) is 10.3 Å². The first kappa shape index (κ1) is 13.4. The molecule has 6 heteroatoms. The second kappa shape index (κ2) is 6.82. The van der Waals surface area contributed by atoms with Crippen LogP contribution in [0.25, 0.3) is 0 Å². The van der Waals surface area contributed by atoms with E-state index in [-0.39, 0.29) is 5.11 Å². The Morgan fingerprint density at radius 1 is 1.47 bits per heavy atom.